The van der Waals surface area contributed by atoms with Crippen LogP contribution in [0.2, 0.25) is 0 Å². The number of aryl methyl sites for hydroxylation is 9. The number of nitro benzene ring substituents is 1. The van der Waals surface area contributed by atoms with Crippen molar-refractivity contribution in [2.24, 2.45) is 0 Å². The number of nitro groups is 1. The van der Waals surface area contributed by atoms with Crippen LogP contribution < -0.4 is 17.2 Å². The van der Waals surface area contributed by atoms with E-state index in [0.717, 1.165) is 59.4 Å². The van der Waals surface area contributed by atoms with Crippen LogP contribution in [0.3, 0.4) is 0 Å². The van der Waals surface area contributed by atoms with E-state index in [1.807, 2.05) is 91.9 Å². The second-order valence-electron chi connectivity index (χ2n) is 16.6. The molecule has 0 heterocycles. The van der Waals surface area contributed by atoms with Gasteiger partial charge in [-0.2, -0.15) is 0 Å². The number of hydrogen-bond donors (Lipinski definition) is 3. The third-order valence-corrected chi connectivity index (χ3v) is 10.4. The van der Waals surface area contributed by atoms with E-state index < -0.39 is 0 Å². The van der Waals surface area contributed by atoms with E-state index in [1.165, 1.54) is 56.1 Å². The van der Waals surface area contributed by atoms with E-state index in [0.29, 0.717) is 0 Å². The Morgan fingerprint density at radius 2 is 0.731 bits per heavy atom. The van der Waals surface area contributed by atoms with Gasteiger partial charge >= 0.3 is 0 Å². The molecule has 0 saturated heterocycles. The second-order valence-corrected chi connectivity index (χ2v) is 16.6. The zero-order chi connectivity index (χ0) is 48.4. The molecule has 6 nitrogen and oxygen atoms in total. The summed E-state index contributed by atoms with van der Waals surface area (Å²) in [6.07, 6.45) is 9.85. The molecule has 0 spiro atoms. The predicted octanol–water partition coefficient (Wildman–Crippen LogP) is 15.0. The van der Waals surface area contributed by atoms with Crippen LogP contribution in [0.4, 0.5) is 22.7 Å². The van der Waals surface area contributed by atoms with Gasteiger partial charge in [0.15, 0.2) is 0 Å². The zero-order valence-corrected chi connectivity index (χ0v) is 39.7. The van der Waals surface area contributed by atoms with Crippen molar-refractivity contribution in [1.29, 1.82) is 0 Å². The quantitative estimate of drug-likeness (QED) is 0.0546. The Morgan fingerprint density at radius 1 is 0.403 bits per heavy atom. The highest BCUT2D eigenvalue weighted by molar-refractivity contribution is 5.70. The fraction of sp³-hybridized carbons (Fsp3) is 0.148. The summed E-state index contributed by atoms with van der Waals surface area (Å²) < 4.78 is 0. The maximum Gasteiger partial charge on any atom is 0.270 e. The van der Waals surface area contributed by atoms with Gasteiger partial charge in [0.25, 0.3) is 5.69 Å². The molecule has 0 fully saturated rings. The SMILES string of the molecule is C=Cc1cccc(N)c1.Cc1cccc(C)c1.Cc1cccc(C=Cc2cccc([N+](=O)[O-])c2)c1.Cc1cccc(CCc2cccc(N)c2)c1.Cc1cccc(CCc2cccc(N)c2)c1. The van der Waals surface area contributed by atoms with Crippen molar-refractivity contribution < 1.29 is 4.92 Å². The average Bonchev–Trinajstić information content (AvgIpc) is 3.31. The van der Waals surface area contributed by atoms with Crippen molar-refractivity contribution in [3.8, 4) is 0 Å². The van der Waals surface area contributed by atoms with E-state index >= 15 is 0 Å². The van der Waals surface area contributed by atoms with Gasteiger partial charge in [-0.3, -0.25) is 10.1 Å². The van der Waals surface area contributed by atoms with E-state index in [-0.39, 0.29) is 10.6 Å². The monoisotopic (exact) mass is 887 g/mol. The molecule has 0 radical (unpaired) electrons. The standard InChI is InChI=1S/C15H13NO2.2C15H17N.C8H9N.C8H10/c1-12-4-2-5-13(10-12)8-9-14-6-3-7-15(11-14)16(17)18;2*1-12-4-2-5-13(10-12)8-9-14-6-3-7-15(16)11-14;1-2-7-4-3-5-8(9)6-7;1-7-4-3-5-8(2)6-7/h2-11H,1H3;2*2-7,10-11H,8-9,16H2,1H3;2-6H,1,9H2;3-6H,1-2H3. The molecule has 8 rings (SSSR count). The first kappa shape index (κ1) is 51.7. The predicted molar refractivity (Wildman–Crippen MR) is 289 cm³/mol. The van der Waals surface area contributed by atoms with Crippen LogP contribution in [0.1, 0.15) is 66.8 Å². The van der Waals surface area contributed by atoms with Gasteiger partial charge in [-0.25, -0.2) is 0 Å². The topological polar surface area (TPSA) is 121 Å². The molecule has 0 atom stereocenters. The lowest BCUT2D eigenvalue weighted by molar-refractivity contribution is -0.384. The van der Waals surface area contributed by atoms with Gasteiger partial charge < -0.3 is 17.2 Å². The first-order valence-corrected chi connectivity index (χ1v) is 22.5. The minimum atomic E-state index is -0.385. The first-order chi connectivity index (χ1) is 32.2. The van der Waals surface area contributed by atoms with E-state index in [9.17, 15) is 10.1 Å². The number of non-ortho nitro benzene ring substituents is 1. The van der Waals surface area contributed by atoms with Crippen LogP contribution in [0.25, 0.3) is 18.2 Å². The van der Waals surface area contributed by atoms with Crippen molar-refractivity contribution in [3.05, 3.63) is 278 Å². The van der Waals surface area contributed by atoms with Crippen LogP contribution in [0.15, 0.2) is 201 Å². The van der Waals surface area contributed by atoms with Gasteiger partial charge in [0.05, 0.1) is 4.92 Å². The first-order valence-electron chi connectivity index (χ1n) is 22.5. The lowest BCUT2D eigenvalue weighted by Gasteiger charge is -2.04. The molecule has 0 saturated carbocycles. The summed E-state index contributed by atoms with van der Waals surface area (Å²) in [4.78, 5) is 10.3. The van der Waals surface area contributed by atoms with Crippen LogP contribution in [-0.4, -0.2) is 4.92 Å². The number of benzene rings is 8. The molecule has 0 aliphatic heterocycles. The van der Waals surface area contributed by atoms with E-state index in [1.54, 1.807) is 18.2 Å². The second kappa shape index (κ2) is 28.1. The van der Waals surface area contributed by atoms with Gasteiger partial charge in [0.1, 0.15) is 0 Å². The van der Waals surface area contributed by atoms with Gasteiger partial charge in [0, 0.05) is 29.2 Å². The number of nitrogen functional groups attached to an aromatic ring is 3. The Hall–Kier alpha value is -7.96. The fourth-order valence-electron chi connectivity index (χ4n) is 7.01. The molecule has 6 heteroatoms. The van der Waals surface area contributed by atoms with Crippen LogP contribution in [0.5, 0.6) is 0 Å². The van der Waals surface area contributed by atoms with Crippen LogP contribution >= 0.6 is 0 Å². The average molecular weight is 887 g/mol. The van der Waals surface area contributed by atoms with Gasteiger partial charge in [-0.1, -0.05) is 198 Å². The molecule has 0 unspecified atom stereocenters. The summed E-state index contributed by atoms with van der Waals surface area (Å²) >= 11 is 0. The fourth-order valence-corrected chi connectivity index (χ4v) is 7.01. The Balaban J connectivity index is 0.000000188. The molecule has 342 valence electrons. The van der Waals surface area contributed by atoms with Gasteiger partial charge in [-0.15, -0.1) is 0 Å². The largest absolute Gasteiger partial charge is 0.399 e. The number of rotatable bonds is 10. The Morgan fingerprint density at radius 3 is 1.09 bits per heavy atom. The lowest BCUT2D eigenvalue weighted by Crippen LogP contribution is -1.93. The number of anilines is 3. The highest BCUT2D eigenvalue weighted by Crippen LogP contribution is 2.17. The number of hydrogen-bond acceptors (Lipinski definition) is 5. The maximum atomic E-state index is 10.7. The third-order valence-electron chi connectivity index (χ3n) is 10.4. The summed E-state index contributed by atoms with van der Waals surface area (Å²) in [6, 6.07) is 64.3. The Labute approximate surface area is 399 Å². The zero-order valence-electron chi connectivity index (χ0n) is 39.7. The van der Waals surface area contributed by atoms with Crippen molar-refractivity contribution in [3.63, 3.8) is 0 Å². The molecule has 0 aliphatic rings. The summed E-state index contributed by atoms with van der Waals surface area (Å²) in [5.74, 6) is 0. The third kappa shape index (κ3) is 21.1. The van der Waals surface area contributed by atoms with E-state index in [2.05, 4.69) is 137 Å². The molecule has 0 bridgehead atoms. The van der Waals surface area contributed by atoms with Crippen LogP contribution in [0, 0.1) is 44.7 Å². The smallest absolute Gasteiger partial charge is 0.270 e. The van der Waals surface area contributed by atoms with Crippen molar-refractivity contribution in [2.75, 3.05) is 17.2 Å². The van der Waals surface area contributed by atoms with Crippen molar-refractivity contribution in [2.45, 2.75) is 60.3 Å². The highest BCUT2D eigenvalue weighted by Gasteiger charge is 2.04. The maximum absolute atomic E-state index is 10.7. The van der Waals surface area contributed by atoms with Gasteiger partial charge in [0.2, 0.25) is 0 Å². The molecule has 0 aliphatic carbocycles. The Kier molecular flexibility index (Phi) is 21.6. The minimum Gasteiger partial charge on any atom is -0.399 e. The van der Waals surface area contributed by atoms with E-state index in [4.69, 9.17) is 17.2 Å². The van der Waals surface area contributed by atoms with Crippen LogP contribution in [-0.2, 0) is 25.7 Å². The van der Waals surface area contributed by atoms with Crippen molar-refractivity contribution >= 4 is 41.0 Å². The number of nitrogens with zero attached hydrogens (tertiary/aromatic N) is 1. The highest BCUT2D eigenvalue weighted by atomic mass is 16.6. The summed E-state index contributed by atoms with van der Waals surface area (Å²) in [5, 5.41) is 10.7. The minimum absolute atomic E-state index is 0.112. The molecule has 0 aromatic heterocycles. The molecule has 0 amide bonds. The van der Waals surface area contributed by atoms with Gasteiger partial charge in [-0.05, 0) is 136 Å². The molecule has 67 heavy (non-hydrogen) atoms. The summed E-state index contributed by atoms with van der Waals surface area (Å²) in [7, 11) is 0. The normalized spacial score (nSPS) is 10.1. The van der Waals surface area contributed by atoms with Crippen molar-refractivity contribution in [1.82, 2.24) is 0 Å². The molecular weight excluding hydrogens is 821 g/mol. The summed E-state index contributed by atoms with van der Waals surface area (Å²) in [6.45, 7) is 14.1. The summed E-state index contributed by atoms with van der Waals surface area (Å²) in [5.41, 5.74) is 34.5. The molecule has 8 aromatic rings. The molecule has 8 aromatic carbocycles. The lowest BCUT2D eigenvalue weighted by atomic mass is 10.0. The Bertz CT molecular complexity index is 2610. The number of nitrogens with two attached hydrogens (primary N) is 3. The molecule has 6 N–H and O–H groups in total. The molecular formula is C61H66N4O2.